The lowest BCUT2D eigenvalue weighted by molar-refractivity contribution is 0.352. The van der Waals surface area contributed by atoms with E-state index in [9.17, 15) is 17.6 Å². The maximum atomic E-state index is 14.1. The van der Waals surface area contributed by atoms with Crippen molar-refractivity contribution in [1.82, 2.24) is 20.3 Å². The molecule has 1 saturated heterocycles. The minimum atomic E-state index is -1.39. The normalized spacial score (nSPS) is 16.7. The Hall–Kier alpha value is -3.21. The lowest BCUT2D eigenvalue weighted by Crippen LogP contribution is -2.52. The fourth-order valence-electron chi connectivity index (χ4n) is 3.35. The predicted octanol–water partition coefficient (Wildman–Crippen LogP) is 2.94. The summed E-state index contributed by atoms with van der Waals surface area (Å²) in [6, 6.07) is 1.09. The van der Waals surface area contributed by atoms with Crippen LogP contribution in [0.2, 0.25) is 0 Å². The Morgan fingerprint density at radius 3 is 2.77 bits per heavy atom. The second-order valence-corrected chi connectivity index (χ2v) is 6.70. The topological polar surface area (TPSA) is 75.2 Å². The van der Waals surface area contributed by atoms with Gasteiger partial charge in [0.1, 0.15) is 35.3 Å². The molecule has 1 unspecified atom stereocenters. The van der Waals surface area contributed by atoms with Gasteiger partial charge in [0.2, 0.25) is 5.95 Å². The van der Waals surface area contributed by atoms with Gasteiger partial charge >= 0.3 is 0 Å². The minimum Gasteiger partial charge on any atom is -0.494 e. The van der Waals surface area contributed by atoms with Crippen LogP contribution >= 0.6 is 0 Å². The Balaban J connectivity index is 1.84. The van der Waals surface area contributed by atoms with E-state index < -0.39 is 35.9 Å². The zero-order chi connectivity index (χ0) is 21.3. The van der Waals surface area contributed by atoms with Crippen molar-refractivity contribution in [2.75, 3.05) is 43.6 Å². The molecule has 30 heavy (non-hydrogen) atoms. The summed E-state index contributed by atoms with van der Waals surface area (Å²) in [5, 5.41) is 6.00. The first-order valence-electron chi connectivity index (χ1n) is 9.16. The van der Waals surface area contributed by atoms with E-state index in [0.717, 1.165) is 6.07 Å². The molecule has 3 heterocycles. The van der Waals surface area contributed by atoms with Crippen LogP contribution in [0, 0.1) is 17.5 Å². The Bertz CT molecular complexity index is 1080. The monoisotopic (exact) mass is 422 g/mol. The number of halogens is 4. The van der Waals surface area contributed by atoms with Crippen LogP contribution in [0.3, 0.4) is 0 Å². The fourth-order valence-corrected chi connectivity index (χ4v) is 3.35. The maximum absolute atomic E-state index is 14.1. The highest BCUT2D eigenvalue weighted by Crippen LogP contribution is 2.34. The molecule has 158 valence electrons. The van der Waals surface area contributed by atoms with Crippen LogP contribution in [0.1, 0.15) is 0 Å². The standard InChI is InChI=1S/C19H18F4N6O/c1-30-14-8-24-7-13-15(14)18(29-5-4-25-10(6-20)9-29)28-19(26-13)27-17-12(22)3-2-11(21)16(17)23/h2-3,7-8,10,25H,4-6,9H2,1H3,(H,26,27,28). The van der Waals surface area contributed by atoms with Crippen LogP contribution < -0.4 is 20.3 Å². The van der Waals surface area contributed by atoms with Crippen molar-refractivity contribution in [1.29, 1.82) is 0 Å². The summed E-state index contributed by atoms with van der Waals surface area (Å²) >= 11 is 0. The van der Waals surface area contributed by atoms with E-state index in [2.05, 4.69) is 25.6 Å². The van der Waals surface area contributed by atoms with Gasteiger partial charge in [0, 0.05) is 19.6 Å². The maximum Gasteiger partial charge on any atom is 0.229 e. The van der Waals surface area contributed by atoms with Gasteiger partial charge in [0.25, 0.3) is 0 Å². The number of fused-ring (bicyclic) bond motifs is 1. The molecule has 0 aliphatic carbocycles. The molecular formula is C19H18F4N6O. The molecule has 0 spiro atoms. The van der Waals surface area contributed by atoms with Gasteiger partial charge in [-0.05, 0) is 12.1 Å². The molecule has 1 atom stereocenters. The number of piperazine rings is 1. The zero-order valence-electron chi connectivity index (χ0n) is 15.9. The number of benzene rings is 1. The van der Waals surface area contributed by atoms with Crippen LogP contribution in [-0.4, -0.2) is 54.4 Å². The summed E-state index contributed by atoms with van der Waals surface area (Å²) < 4.78 is 60.4. The number of nitrogens with zero attached hydrogens (tertiary/aromatic N) is 4. The number of nitrogens with one attached hydrogen (secondary N) is 2. The molecule has 11 heteroatoms. The molecule has 2 N–H and O–H groups in total. The average Bonchev–Trinajstić information content (AvgIpc) is 2.78. The third-order valence-electron chi connectivity index (χ3n) is 4.79. The Kier molecular flexibility index (Phi) is 5.53. The third-order valence-corrected chi connectivity index (χ3v) is 4.79. The van der Waals surface area contributed by atoms with E-state index in [0.29, 0.717) is 48.2 Å². The van der Waals surface area contributed by atoms with Crippen molar-refractivity contribution in [2.24, 2.45) is 0 Å². The van der Waals surface area contributed by atoms with Gasteiger partial charge in [-0.25, -0.2) is 22.5 Å². The van der Waals surface area contributed by atoms with E-state index in [1.165, 1.54) is 19.5 Å². The summed E-state index contributed by atoms with van der Waals surface area (Å²) in [7, 11) is 1.46. The lowest BCUT2D eigenvalue weighted by Gasteiger charge is -2.34. The number of pyridine rings is 1. The number of methoxy groups -OCH3 is 1. The summed E-state index contributed by atoms with van der Waals surface area (Å²) in [5.74, 6) is -2.97. The number of rotatable bonds is 5. The van der Waals surface area contributed by atoms with Crippen LogP contribution in [0.4, 0.5) is 35.0 Å². The molecule has 1 fully saturated rings. The van der Waals surface area contributed by atoms with Gasteiger partial charge in [-0.3, -0.25) is 4.98 Å². The molecule has 1 aliphatic rings. The summed E-state index contributed by atoms with van der Waals surface area (Å²) in [6.07, 6.45) is 2.93. The fraction of sp³-hybridized carbons (Fsp3) is 0.316. The van der Waals surface area contributed by atoms with E-state index in [1.807, 2.05) is 4.90 Å². The lowest BCUT2D eigenvalue weighted by atomic mass is 10.2. The highest BCUT2D eigenvalue weighted by Gasteiger charge is 2.25. The Morgan fingerprint density at radius 1 is 1.20 bits per heavy atom. The van der Waals surface area contributed by atoms with Crippen LogP contribution in [0.5, 0.6) is 5.75 Å². The van der Waals surface area contributed by atoms with Crippen molar-refractivity contribution >= 4 is 28.4 Å². The molecule has 1 aromatic carbocycles. The molecule has 3 aromatic rings. The molecule has 0 bridgehead atoms. The van der Waals surface area contributed by atoms with E-state index in [-0.39, 0.29) is 5.95 Å². The number of aromatic nitrogens is 3. The molecule has 0 saturated carbocycles. The number of ether oxygens (including phenoxy) is 1. The minimum absolute atomic E-state index is 0.161. The second kappa shape index (κ2) is 8.27. The highest BCUT2D eigenvalue weighted by atomic mass is 19.2. The summed E-state index contributed by atoms with van der Waals surface area (Å²) in [6.45, 7) is 0.777. The van der Waals surface area contributed by atoms with Crippen molar-refractivity contribution in [3.05, 3.63) is 42.0 Å². The van der Waals surface area contributed by atoms with Gasteiger partial charge < -0.3 is 20.3 Å². The first-order valence-corrected chi connectivity index (χ1v) is 9.16. The number of hydrogen-bond donors (Lipinski definition) is 2. The van der Waals surface area contributed by atoms with Gasteiger partial charge in [-0.15, -0.1) is 0 Å². The third kappa shape index (κ3) is 3.67. The van der Waals surface area contributed by atoms with Crippen molar-refractivity contribution in [3.8, 4) is 5.75 Å². The van der Waals surface area contributed by atoms with Crippen LogP contribution in [0.15, 0.2) is 24.5 Å². The van der Waals surface area contributed by atoms with E-state index in [4.69, 9.17) is 4.74 Å². The quantitative estimate of drug-likeness (QED) is 0.484. The molecule has 2 aromatic heterocycles. The molecule has 4 rings (SSSR count). The Morgan fingerprint density at radius 2 is 2.00 bits per heavy atom. The summed E-state index contributed by atoms with van der Waals surface area (Å²) in [4.78, 5) is 14.5. The van der Waals surface area contributed by atoms with Crippen molar-refractivity contribution in [3.63, 3.8) is 0 Å². The van der Waals surface area contributed by atoms with E-state index >= 15 is 0 Å². The molecule has 7 nitrogen and oxygen atoms in total. The van der Waals surface area contributed by atoms with Crippen molar-refractivity contribution in [2.45, 2.75) is 6.04 Å². The molecular weight excluding hydrogens is 404 g/mol. The molecule has 0 radical (unpaired) electrons. The van der Waals surface area contributed by atoms with Gasteiger partial charge in [-0.2, -0.15) is 4.98 Å². The van der Waals surface area contributed by atoms with Gasteiger partial charge in [0.15, 0.2) is 11.6 Å². The first kappa shape index (κ1) is 20.1. The SMILES string of the molecule is COc1cncc2nc(Nc3c(F)ccc(F)c3F)nc(N3CCNC(CF)C3)c12. The smallest absolute Gasteiger partial charge is 0.229 e. The highest BCUT2D eigenvalue weighted by molar-refractivity contribution is 5.95. The van der Waals surface area contributed by atoms with Gasteiger partial charge in [-0.1, -0.05) is 0 Å². The first-order chi connectivity index (χ1) is 14.5. The van der Waals surface area contributed by atoms with Crippen molar-refractivity contribution < 1.29 is 22.3 Å². The van der Waals surface area contributed by atoms with E-state index in [1.54, 1.807) is 0 Å². The Labute approximate surface area is 169 Å². The molecule has 0 amide bonds. The largest absolute Gasteiger partial charge is 0.494 e. The number of anilines is 3. The molecule has 1 aliphatic heterocycles. The zero-order valence-corrected chi connectivity index (χ0v) is 15.9. The number of alkyl halides is 1. The number of hydrogen-bond acceptors (Lipinski definition) is 7. The van der Waals surface area contributed by atoms with Crippen LogP contribution in [-0.2, 0) is 0 Å². The second-order valence-electron chi connectivity index (χ2n) is 6.70. The van der Waals surface area contributed by atoms with Crippen LogP contribution in [0.25, 0.3) is 10.9 Å². The van der Waals surface area contributed by atoms with Gasteiger partial charge in [0.05, 0.1) is 30.9 Å². The summed E-state index contributed by atoms with van der Waals surface area (Å²) in [5.41, 5.74) is -0.368. The predicted molar refractivity (Wildman–Crippen MR) is 103 cm³/mol. The average molecular weight is 422 g/mol.